The maximum atomic E-state index is 5.19. The SMILES string of the molecule is CCCCCCc1ccc(-c2cnc(-c3ccc(OC)cc3)cn2)cc1. The molecule has 26 heavy (non-hydrogen) atoms. The lowest BCUT2D eigenvalue weighted by atomic mass is 10.0. The minimum Gasteiger partial charge on any atom is -0.497 e. The number of methoxy groups -OCH3 is 1. The molecule has 3 aromatic rings. The Balaban J connectivity index is 1.66. The third-order valence-corrected chi connectivity index (χ3v) is 4.61. The van der Waals surface area contributed by atoms with Crippen molar-refractivity contribution in [2.75, 3.05) is 7.11 Å². The molecule has 0 saturated carbocycles. The second-order valence-corrected chi connectivity index (χ2v) is 6.52. The van der Waals surface area contributed by atoms with Gasteiger partial charge in [-0.05, 0) is 42.7 Å². The van der Waals surface area contributed by atoms with Crippen LogP contribution in [0.2, 0.25) is 0 Å². The molecule has 134 valence electrons. The van der Waals surface area contributed by atoms with Crippen molar-refractivity contribution in [3.05, 3.63) is 66.5 Å². The molecule has 0 aliphatic heterocycles. The van der Waals surface area contributed by atoms with Gasteiger partial charge in [0.1, 0.15) is 5.75 Å². The van der Waals surface area contributed by atoms with Gasteiger partial charge in [-0.15, -0.1) is 0 Å². The van der Waals surface area contributed by atoms with E-state index in [2.05, 4.69) is 41.2 Å². The number of aromatic nitrogens is 2. The minimum atomic E-state index is 0.841. The molecule has 0 radical (unpaired) electrons. The van der Waals surface area contributed by atoms with Gasteiger partial charge in [0.2, 0.25) is 0 Å². The first-order chi connectivity index (χ1) is 12.8. The van der Waals surface area contributed by atoms with E-state index in [4.69, 9.17) is 4.74 Å². The number of unbranched alkanes of at least 4 members (excludes halogenated alkanes) is 3. The van der Waals surface area contributed by atoms with Crippen molar-refractivity contribution in [3.63, 3.8) is 0 Å². The molecule has 0 bridgehead atoms. The van der Waals surface area contributed by atoms with Gasteiger partial charge in [-0.1, -0.05) is 50.5 Å². The average molecular weight is 346 g/mol. The fraction of sp³-hybridized carbons (Fsp3) is 0.304. The maximum Gasteiger partial charge on any atom is 0.118 e. The normalized spacial score (nSPS) is 10.7. The summed E-state index contributed by atoms with van der Waals surface area (Å²) in [4.78, 5) is 9.16. The van der Waals surface area contributed by atoms with Crippen LogP contribution in [0.25, 0.3) is 22.5 Å². The number of benzene rings is 2. The summed E-state index contributed by atoms with van der Waals surface area (Å²) in [6.45, 7) is 2.25. The first kappa shape index (κ1) is 18.1. The molecular weight excluding hydrogens is 320 g/mol. The van der Waals surface area contributed by atoms with E-state index in [0.717, 1.165) is 34.7 Å². The van der Waals surface area contributed by atoms with E-state index in [1.807, 2.05) is 36.7 Å². The van der Waals surface area contributed by atoms with Gasteiger partial charge in [0.15, 0.2) is 0 Å². The molecule has 0 N–H and O–H groups in total. The average Bonchev–Trinajstić information content (AvgIpc) is 2.72. The standard InChI is InChI=1S/C23H26N2O/c1-3-4-5-6-7-18-8-10-19(11-9-18)22-16-25-23(17-24-22)20-12-14-21(26-2)15-13-20/h8-17H,3-7H2,1-2H3. The summed E-state index contributed by atoms with van der Waals surface area (Å²) in [5, 5.41) is 0. The van der Waals surface area contributed by atoms with Crippen molar-refractivity contribution in [3.8, 4) is 28.3 Å². The zero-order valence-electron chi connectivity index (χ0n) is 15.6. The van der Waals surface area contributed by atoms with Crippen molar-refractivity contribution >= 4 is 0 Å². The maximum absolute atomic E-state index is 5.19. The van der Waals surface area contributed by atoms with Gasteiger partial charge in [-0.3, -0.25) is 9.97 Å². The van der Waals surface area contributed by atoms with E-state index >= 15 is 0 Å². The fourth-order valence-corrected chi connectivity index (χ4v) is 2.99. The number of aryl methyl sites for hydroxylation is 1. The first-order valence-corrected chi connectivity index (χ1v) is 9.36. The molecular formula is C23H26N2O. The summed E-state index contributed by atoms with van der Waals surface area (Å²) in [5.74, 6) is 0.841. The first-order valence-electron chi connectivity index (χ1n) is 9.36. The Morgan fingerprint density at radius 2 is 1.31 bits per heavy atom. The molecule has 0 saturated heterocycles. The van der Waals surface area contributed by atoms with Gasteiger partial charge in [-0.25, -0.2) is 0 Å². The van der Waals surface area contributed by atoms with Gasteiger partial charge in [0.05, 0.1) is 30.9 Å². The molecule has 2 aromatic carbocycles. The quantitative estimate of drug-likeness (QED) is 0.473. The topological polar surface area (TPSA) is 35.0 Å². The Labute approximate surface area is 156 Å². The molecule has 0 aliphatic carbocycles. The van der Waals surface area contributed by atoms with Crippen LogP contribution in [-0.4, -0.2) is 17.1 Å². The van der Waals surface area contributed by atoms with E-state index < -0.39 is 0 Å². The Bertz CT molecular complexity index is 793. The predicted molar refractivity (Wildman–Crippen MR) is 107 cm³/mol. The molecule has 0 aliphatic rings. The van der Waals surface area contributed by atoms with Crippen LogP contribution in [0.1, 0.15) is 38.2 Å². The molecule has 0 amide bonds. The Morgan fingerprint density at radius 3 is 1.81 bits per heavy atom. The van der Waals surface area contributed by atoms with E-state index in [1.165, 1.54) is 31.2 Å². The third-order valence-electron chi connectivity index (χ3n) is 4.61. The second-order valence-electron chi connectivity index (χ2n) is 6.52. The van der Waals surface area contributed by atoms with E-state index in [0.29, 0.717) is 0 Å². The number of nitrogens with zero attached hydrogens (tertiary/aromatic N) is 2. The lowest BCUT2D eigenvalue weighted by Crippen LogP contribution is -1.91. The lowest BCUT2D eigenvalue weighted by Gasteiger charge is -2.06. The van der Waals surface area contributed by atoms with E-state index in [9.17, 15) is 0 Å². The Morgan fingerprint density at radius 1 is 0.731 bits per heavy atom. The molecule has 0 spiro atoms. The Kier molecular flexibility index (Phi) is 6.37. The molecule has 0 fully saturated rings. The van der Waals surface area contributed by atoms with Crippen molar-refractivity contribution in [1.82, 2.24) is 9.97 Å². The van der Waals surface area contributed by atoms with Crippen molar-refractivity contribution in [1.29, 1.82) is 0 Å². The predicted octanol–water partition coefficient (Wildman–Crippen LogP) is 5.94. The van der Waals surface area contributed by atoms with Gasteiger partial charge < -0.3 is 4.74 Å². The van der Waals surface area contributed by atoms with Crippen LogP contribution in [-0.2, 0) is 6.42 Å². The zero-order valence-corrected chi connectivity index (χ0v) is 15.6. The number of ether oxygens (including phenoxy) is 1. The summed E-state index contributed by atoms with van der Waals surface area (Å²) in [5.41, 5.74) is 5.31. The van der Waals surface area contributed by atoms with Crippen LogP contribution in [0.4, 0.5) is 0 Å². The highest BCUT2D eigenvalue weighted by molar-refractivity contribution is 5.63. The van der Waals surface area contributed by atoms with Crippen LogP contribution in [0.15, 0.2) is 60.9 Å². The molecule has 0 atom stereocenters. The fourth-order valence-electron chi connectivity index (χ4n) is 2.99. The monoisotopic (exact) mass is 346 g/mol. The molecule has 0 unspecified atom stereocenters. The van der Waals surface area contributed by atoms with Crippen LogP contribution in [0, 0.1) is 0 Å². The number of rotatable bonds is 8. The van der Waals surface area contributed by atoms with Crippen LogP contribution >= 0.6 is 0 Å². The van der Waals surface area contributed by atoms with Gasteiger partial charge in [0.25, 0.3) is 0 Å². The Hall–Kier alpha value is -2.68. The summed E-state index contributed by atoms with van der Waals surface area (Å²) in [7, 11) is 1.67. The summed E-state index contributed by atoms with van der Waals surface area (Å²) < 4.78 is 5.19. The largest absolute Gasteiger partial charge is 0.497 e. The van der Waals surface area contributed by atoms with Crippen LogP contribution < -0.4 is 4.74 Å². The van der Waals surface area contributed by atoms with Crippen molar-refractivity contribution in [2.24, 2.45) is 0 Å². The highest BCUT2D eigenvalue weighted by Crippen LogP contribution is 2.23. The molecule has 3 heteroatoms. The molecule has 3 rings (SSSR count). The highest BCUT2D eigenvalue weighted by atomic mass is 16.5. The van der Waals surface area contributed by atoms with E-state index in [-0.39, 0.29) is 0 Å². The minimum absolute atomic E-state index is 0.841. The smallest absolute Gasteiger partial charge is 0.118 e. The number of hydrogen-bond donors (Lipinski definition) is 0. The van der Waals surface area contributed by atoms with Crippen LogP contribution in [0.5, 0.6) is 5.75 Å². The lowest BCUT2D eigenvalue weighted by molar-refractivity contribution is 0.415. The summed E-state index contributed by atoms with van der Waals surface area (Å²) in [6.07, 6.45) is 10.0. The van der Waals surface area contributed by atoms with Gasteiger partial charge in [-0.2, -0.15) is 0 Å². The van der Waals surface area contributed by atoms with Crippen molar-refractivity contribution < 1.29 is 4.74 Å². The second kappa shape index (κ2) is 9.14. The molecule has 1 heterocycles. The van der Waals surface area contributed by atoms with Gasteiger partial charge >= 0.3 is 0 Å². The number of hydrogen-bond acceptors (Lipinski definition) is 3. The van der Waals surface area contributed by atoms with Crippen molar-refractivity contribution in [2.45, 2.75) is 39.0 Å². The molecule has 1 aromatic heterocycles. The van der Waals surface area contributed by atoms with E-state index in [1.54, 1.807) is 7.11 Å². The molecule has 3 nitrogen and oxygen atoms in total. The van der Waals surface area contributed by atoms with Crippen LogP contribution in [0.3, 0.4) is 0 Å². The zero-order chi connectivity index (χ0) is 18.2. The third kappa shape index (κ3) is 4.69. The summed E-state index contributed by atoms with van der Waals surface area (Å²) >= 11 is 0. The van der Waals surface area contributed by atoms with Gasteiger partial charge in [0, 0.05) is 11.1 Å². The highest BCUT2D eigenvalue weighted by Gasteiger charge is 2.04. The summed E-state index contributed by atoms with van der Waals surface area (Å²) in [6, 6.07) is 16.6.